The highest BCUT2D eigenvalue weighted by molar-refractivity contribution is 7.92. The number of methoxy groups -OCH3 is 1. The predicted molar refractivity (Wildman–Crippen MR) is 153 cm³/mol. The van der Waals surface area contributed by atoms with Crippen molar-refractivity contribution in [2.75, 3.05) is 24.2 Å². The first kappa shape index (κ1) is 31.4. The number of carbonyl (C=O) groups excluding carboxylic acids is 2. The second kappa shape index (κ2) is 14.4. The third kappa shape index (κ3) is 8.63. The summed E-state index contributed by atoms with van der Waals surface area (Å²) < 4.78 is 31.8. The lowest BCUT2D eigenvalue weighted by Gasteiger charge is -2.32. The van der Waals surface area contributed by atoms with Crippen LogP contribution in [-0.2, 0) is 26.2 Å². The SMILES string of the molecule is CCC(C)NC(=O)C(CC)N(Cc1cccc(OC)c1)C(=O)CCCN(c1cccc(Cl)c1C)S(C)(=O)=O. The van der Waals surface area contributed by atoms with Crippen molar-refractivity contribution in [2.45, 2.75) is 72.0 Å². The Labute approximate surface area is 232 Å². The van der Waals surface area contributed by atoms with Gasteiger partial charge in [-0.1, -0.05) is 43.6 Å². The number of ether oxygens (including phenoxy) is 1. The largest absolute Gasteiger partial charge is 0.497 e. The molecule has 0 aliphatic carbocycles. The molecule has 8 nitrogen and oxygen atoms in total. The number of halogens is 1. The summed E-state index contributed by atoms with van der Waals surface area (Å²) in [6.45, 7) is 7.88. The van der Waals surface area contributed by atoms with Gasteiger partial charge in [-0.2, -0.15) is 0 Å². The molecule has 38 heavy (non-hydrogen) atoms. The fourth-order valence-electron chi connectivity index (χ4n) is 4.18. The van der Waals surface area contributed by atoms with Gasteiger partial charge in [0.15, 0.2) is 0 Å². The number of nitrogens with one attached hydrogen (secondary N) is 1. The topological polar surface area (TPSA) is 96.0 Å². The normalized spacial score (nSPS) is 12.9. The summed E-state index contributed by atoms with van der Waals surface area (Å²) in [4.78, 5) is 28.3. The number of carbonyl (C=O) groups is 2. The molecule has 0 aromatic heterocycles. The van der Waals surface area contributed by atoms with Crippen molar-refractivity contribution in [3.05, 3.63) is 58.6 Å². The Kier molecular flexibility index (Phi) is 11.9. The Balaban J connectivity index is 2.28. The standard InChI is InChI=1S/C28H40ClN3O5S/c1-7-20(3)30-28(34)25(8-2)31(19-22-12-9-13-23(18-22)37-5)27(33)16-11-17-32(38(6,35)36)26-15-10-14-24(29)21(26)4/h9-10,12-15,18,20,25H,7-8,11,16-17,19H2,1-6H3,(H,30,34). The Morgan fingerprint density at radius 2 is 1.79 bits per heavy atom. The van der Waals surface area contributed by atoms with Crippen molar-refractivity contribution >= 4 is 39.1 Å². The van der Waals surface area contributed by atoms with Gasteiger partial charge in [-0.3, -0.25) is 13.9 Å². The molecule has 1 N–H and O–H groups in total. The molecule has 2 amide bonds. The van der Waals surface area contributed by atoms with E-state index in [0.717, 1.165) is 18.2 Å². The van der Waals surface area contributed by atoms with E-state index in [-0.39, 0.29) is 43.8 Å². The second-order valence-electron chi connectivity index (χ2n) is 9.44. The van der Waals surface area contributed by atoms with Gasteiger partial charge in [-0.05, 0) is 68.5 Å². The second-order valence-corrected chi connectivity index (χ2v) is 11.8. The summed E-state index contributed by atoms with van der Waals surface area (Å²) in [6, 6.07) is 11.8. The molecule has 2 unspecified atom stereocenters. The monoisotopic (exact) mass is 565 g/mol. The number of hydrogen-bond acceptors (Lipinski definition) is 5. The van der Waals surface area contributed by atoms with Crippen LogP contribution in [-0.4, -0.2) is 57.1 Å². The zero-order valence-electron chi connectivity index (χ0n) is 23.2. The first-order chi connectivity index (χ1) is 17.9. The van der Waals surface area contributed by atoms with Gasteiger partial charge in [0.05, 0.1) is 19.1 Å². The molecule has 2 aromatic rings. The van der Waals surface area contributed by atoms with Crippen molar-refractivity contribution in [3.8, 4) is 5.75 Å². The van der Waals surface area contributed by atoms with Crippen LogP contribution in [0.1, 0.15) is 57.6 Å². The fourth-order valence-corrected chi connectivity index (χ4v) is 5.36. The molecule has 2 atom stereocenters. The maximum Gasteiger partial charge on any atom is 0.243 e. The predicted octanol–water partition coefficient (Wildman–Crippen LogP) is 4.93. The molecule has 0 radical (unpaired) electrons. The quantitative estimate of drug-likeness (QED) is 0.350. The number of benzene rings is 2. The van der Waals surface area contributed by atoms with Crippen molar-refractivity contribution in [1.29, 1.82) is 0 Å². The molecule has 0 aliphatic heterocycles. The molecule has 0 saturated carbocycles. The fraction of sp³-hybridized carbons (Fsp3) is 0.500. The number of anilines is 1. The van der Waals surface area contributed by atoms with E-state index in [0.29, 0.717) is 28.4 Å². The minimum Gasteiger partial charge on any atom is -0.497 e. The summed E-state index contributed by atoms with van der Waals surface area (Å²) in [6.07, 6.45) is 2.70. The summed E-state index contributed by atoms with van der Waals surface area (Å²) in [5.74, 6) is 0.230. The van der Waals surface area contributed by atoms with E-state index < -0.39 is 16.1 Å². The van der Waals surface area contributed by atoms with Gasteiger partial charge < -0.3 is 15.0 Å². The number of hydrogen-bond donors (Lipinski definition) is 1. The summed E-state index contributed by atoms with van der Waals surface area (Å²) in [5, 5.41) is 3.46. The van der Waals surface area contributed by atoms with E-state index >= 15 is 0 Å². The van der Waals surface area contributed by atoms with Crippen molar-refractivity contribution in [2.24, 2.45) is 0 Å². The van der Waals surface area contributed by atoms with Crippen molar-refractivity contribution < 1.29 is 22.7 Å². The Hall–Kier alpha value is -2.78. The molecule has 10 heteroatoms. The van der Waals surface area contributed by atoms with Gasteiger partial charge in [0, 0.05) is 30.6 Å². The molecule has 0 saturated heterocycles. The van der Waals surface area contributed by atoms with Crippen LogP contribution in [0.25, 0.3) is 0 Å². The maximum absolute atomic E-state index is 13.6. The molecule has 0 bridgehead atoms. The van der Waals surface area contributed by atoms with Crippen LogP contribution in [0.5, 0.6) is 5.75 Å². The first-order valence-corrected chi connectivity index (χ1v) is 15.1. The zero-order valence-corrected chi connectivity index (χ0v) is 24.7. The number of sulfonamides is 1. The van der Waals surface area contributed by atoms with Crippen LogP contribution < -0.4 is 14.4 Å². The molecule has 0 heterocycles. The summed E-state index contributed by atoms with van der Waals surface area (Å²) in [7, 11) is -2.04. The molecular weight excluding hydrogens is 526 g/mol. The average Bonchev–Trinajstić information content (AvgIpc) is 2.87. The molecule has 0 spiro atoms. The van der Waals surface area contributed by atoms with Crippen LogP contribution >= 0.6 is 11.6 Å². The molecule has 0 aliphatic rings. The van der Waals surface area contributed by atoms with Gasteiger partial charge in [0.1, 0.15) is 11.8 Å². The number of amides is 2. The minimum atomic E-state index is -3.61. The average molecular weight is 566 g/mol. The van der Waals surface area contributed by atoms with Crippen LogP contribution in [0.2, 0.25) is 5.02 Å². The summed E-state index contributed by atoms with van der Waals surface area (Å²) >= 11 is 6.23. The maximum atomic E-state index is 13.6. The molecule has 210 valence electrons. The Morgan fingerprint density at radius 3 is 2.39 bits per heavy atom. The van der Waals surface area contributed by atoms with E-state index in [1.807, 2.05) is 45.0 Å². The van der Waals surface area contributed by atoms with E-state index in [1.165, 1.54) is 4.31 Å². The lowest BCUT2D eigenvalue weighted by Crippen LogP contribution is -2.50. The molecule has 0 fully saturated rings. The van der Waals surface area contributed by atoms with Crippen LogP contribution in [0.15, 0.2) is 42.5 Å². The Morgan fingerprint density at radius 1 is 1.11 bits per heavy atom. The van der Waals surface area contributed by atoms with Crippen LogP contribution in [0.3, 0.4) is 0 Å². The highest BCUT2D eigenvalue weighted by Gasteiger charge is 2.29. The van der Waals surface area contributed by atoms with Crippen molar-refractivity contribution in [1.82, 2.24) is 10.2 Å². The van der Waals surface area contributed by atoms with Crippen LogP contribution in [0.4, 0.5) is 5.69 Å². The van der Waals surface area contributed by atoms with Crippen LogP contribution in [0, 0.1) is 6.92 Å². The third-order valence-corrected chi connectivity index (χ3v) is 8.12. The third-order valence-electron chi connectivity index (χ3n) is 6.53. The van der Waals surface area contributed by atoms with Gasteiger partial charge in [0.25, 0.3) is 0 Å². The van der Waals surface area contributed by atoms with E-state index in [2.05, 4.69) is 5.32 Å². The minimum absolute atomic E-state index is 0.0189. The van der Waals surface area contributed by atoms with Gasteiger partial charge in [0.2, 0.25) is 21.8 Å². The highest BCUT2D eigenvalue weighted by atomic mass is 35.5. The molecule has 2 rings (SSSR count). The van der Waals surface area contributed by atoms with Gasteiger partial charge in [-0.25, -0.2) is 8.42 Å². The zero-order chi connectivity index (χ0) is 28.5. The first-order valence-electron chi connectivity index (χ1n) is 12.9. The summed E-state index contributed by atoms with van der Waals surface area (Å²) in [5.41, 5.74) is 1.97. The number of rotatable bonds is 14. The number of nitrogens with zero attached hydrogens (tertiary/aromatic N) is 2. The molecular formula is C28H40ClN3O5S. The van der Waals surface area contributed by atoms with E-state index in [4.69, 9.17) is 16.3 Å². The lowest BCUT2D eigenvalue weighted by atomic mass is 10.1. The highest BCUT2D eigenvalue weighted by Crippen LogP contribution is 2.28. The van der Waals surface area contributed by atoms with E-state index in [1.54, 1.807) is 37.1 Å². The Bertz CT molecular complexity index is 1200. The van der Waals surface area contributed by atoms with Crippen molar-refractivity contribution in [3.63, 3.8) is 0 Å². The van der Waals surface area contributed by atoms with Gasteiger partial charge in [-0.15, -0.1) is 0 Å². The molecule has 2 aromatic carbocycles. The lowest BCUT2D eigenvalue weighted by molar-refractivity contribution is -0.141. The van der Waals surface area contributed by atoms with E-state index in [9.17, 15) is 18.0 Å². The van der Waals surface area contributed by atoms with Gasteiger partial charge >= 0.3 is 0 Å². The smallest absolute Gasteiger partial charge is 0.243 e.